The normalized spacial score (nSPS) is 12.7. The van der Waals surface area contributed by atoms with Crippen LogP contribution in [0.3, 0.4) is 0 Å². The lowest BCUT2D eigenvalue weighted by Crippen LogP contribution is -2.57. The van der Waals surface area contributed by atoms with Gasteiger partial charge < -0.3 is 25.4 Å². The molecule has 0 radical (unpaired) electrons. The average molecular weight is 832 g/mol. The van der Waals surface area contributed by atoms with E-state index in [-0.39, 0.29) is 39.3 Å². The lowest BCUT2D eigenvalue weighted by atomic mass is 10.2. The Bertz CT molecular complexity index is 1880. The van der Waals surface area contributed by atoms with Gasteiger partial charge in [-0.25, -0.2) is 24.6 Å². The van der Waals surface area contributed by atoms with E-state index in [1.54, 1.807) is 57.2 Å². The smallest absolute Gasteiger partial charge is 0.422 e. The summed E-state index contributed by atoms with van der Waals surface area (Å²) in [6, 6.07) is 24.2. The molecule has 3 rings (SSSR count). The molecule has 0 aromatic heterocycles. The first-order chi connectivity index (χ1) is 28.4. The van der Waals surface area contributed by atoms with Crippen LogP contribution in [0.1, 0.15) is 58.2 Å². The first kappa shape index (κ1) is 48.0. The molecule has 0 aliphatic rings. The van der Waals surface area contributed by atoms with Crippen molar-refractivity contribution in [2.24, 2.45) is 0 Å². The summed E-state index contributed by atoms with van der Waals surface area (Å²) in [4.78, 5) is 90.6. The molecular formula is C42H57N9O9. The van der Waals surface area contributed by atoms with E-state index >= 15 is 0 Å². The number of carbonyl (C=O) groups is 7. The van der Waals surface area contributed by atoms with Gasteiger partial charge in [-0.05, 0) is 58.2 Å². The lowest BCUT2D eigenvalue weighted by molar-refractivity contribution is -0.145. The largest absolute Gasteiger partial charge is 0.467 e. The van der Waals surface area contributed by atoms with Crippen molar-refractivity contribution in [1.82, 2.24) is 47.3 Å². The van der Waals surface area contributed by atoms with Crippen LogP contribution in [0, 0.1) is 0 Å². The molecule has 0 saturated heterocycles. The molecule has 0 spiro atoms. The molecular weight excluding hydrogens is 775 g/mol. The van der Waals surface area contributed by atoms with Gasteiger partial charge in [0.1, 0.15) is 23.7 Å². The summed E-state index contributed by atoms with van der Waals surface area (Å²) in [7, 11) is 1.21. The van der Waals surface area contributed by atoms with Gasteiger partial charge in [-0.3, -0.25) is 40.3 Å². The molecule has 0 aliphatic carbocycles. The molecule has 0 bridgehead atoms. The zero-order valence-electron chi connectivity index (χ0n) is 35.2. The Morgan fingerprint density at radius 2 is 0.833 bits per heavy atom. The SMILES string of the molecule is COC(=O)[C@H](C)NC(=O)CN(Cc1ccccc1)NC(=O)[C@H](C)NC(=O)CN(Cc1ccccc1)NC(=O)[C@H](C)NC(=O)CN(Cc1ccccc1)NC(=O)OC(C)(C)C. The quantitative estimate of drug-likeness (QED) is 0.0668. The van der Waals surface area contributed by atoms with Crippen LogP contribution in [0.15, 0.2) is 91.0 Å². The third kappa shape index (κ3) is 18.5. The Balaban J connectivity index is 1.65. The number of amides is 6. The van der Waals surface area contributed by atoms with Crippen molar-refractivity contribution in [3.05, 3.63) is 108 Å². The Morgan fingerprint density at radius 3 is 1.15 bits per heavy atom. The predicted octanol–water partition coefficient (Wildman–Crippen LogP) is 1.68. The van der Waals surface area contributed by atoms with E-state index in [1.807, 2.05) is 54.6 Å². The Kier molecular flexibility index (Phi) is 19.1. The molecule has 18 nitrogen and oxygen atoms in total. The van der Waals surface area contributed by atoms with Gasteiger partial charge >= 0.3 is 12.1 Å². The van der Waals surface area contributed by atoms with Crippen molar-refractivity contribution in [3.63, 3.8) is 0 Å². The highest BCUT2D eigenvalue weighted by atomic mass is 16.6. The lowest BCUT2D eigenvalue weighted by Gasteiger charge is -2.28. The van der Waals surface area contributed by atoms with Crippen LogP contribution in [0.2, 0.25) is 0 Å². The van der Waals surface area contributed by atoms with Crippen LogP contribution in [-0.4, -0.2) is 107 Å². The number of methoxy groups -OCH3 is 1. The van der Waals surface area contributed by atoms with E-state index < -0.39 is 65.3 Å². The highest BCUT2D eigenvalue weighted by Crippen LogP contribution is 2.09. The minimum Gasteiger partial charge on any atom is -0.467 e. The van der Waals surface area contributed by atoms with E-state index in [4.69, 9.17) is 4.74 Å². The van der Waals surface area contributed by atoms with Gasteiger partial charge in [0.2, 0.25) is 17.7 Å². The van der Waals surface area contributed by atoms with Crippen LogP contribution >= 0.6 is 0 Å². The summed E-state index contributed by atoms with van der Waals surface area (Å²) >= 11 is 0. The van der Waals surface area contributed by atoms with Gasteiger partial charge in [-0.2, -0.15) is 0 Å². The molecule has 0 heterocycles. The maximum atomic E-state index is 13.5. The van der Waals surface area contributed by atoms with Crippen molar-refractivity contribution >= 4 is 41.6 Å². The second kappa shape index (κ2) is 23.9. The fourth-order valence-corrected chi connectivity index (χ4v) is 5.50. The van der Waals surface area contributed by atoms with E-state index in [1.165, 1.54) is 42.9 Å². The molecule has 3 aromatic carbocycles. The Morgan fingerprint density at radius 1 is 0.517 bits per heavy atom. The number of benzene rings is 3. The first-order valence-corrected chi connectivity index (χ1v) is 19.3. The van der Waals surface area contributed by atoms with Gasteiger partial charge in [0.15, 0.2) is 0 Å². The third-order valence-electron chi connectivity index (χ3n) is 8.31. The first-order valence-electron chi connectivity index (χ1n) is 19.3. The number of esters is 1. The van der Waals surface area contributed by atoms with Crippen LogP contribution < -0.4 is 32.2 Å². The molecule has 0 saturated carbocycles. The highest BCUT2D eigenvalue weighted by Gasteiger charge is 2.26. The van der Waals surface area contributed by atoms with Crippen molar-refractivity contribution in [2.45, 2.75) is 84.9 Å². The number of hydrogen-bond acceptors (Lipinski definition) is 12. The second-order valence-corrected chi connectivity index (χ2v) is 15.0. The van der Waals surface area contributed by atoms with E-state index in [9.17, 15) is 33.6 Å². The molecule has 18 heteroatoms. The van der Waals surface area contributed by atoms with Gasteiger partial charge in [0.25, 0.3) is 11.8 Å². The molecule has 0 unspecified atom stereocenters. The summed E-state index contributed by atoms with van der Waals surface area (Å²) in [5, 5.41) is 11.9. The standard InChI is InChI=1S/C42H57N9O9/c1-29(38(55)47-50(24-33-19-13-9-14-20-33)27-37(54)45-31(3)40(57)59-7)43-35(52)26-49(23-32-17-11-8-12-18-32)46-39(56)30(2)44-36(53)28-51(25-34-21-15-10-16-22-34)48-41(58)60-42(4,5)6/h8-22,29-31H,23-28H2,1-7H3,(H,43,52)(H,44,53)(H,45,54)(H,46,56)(H,47,55)(H,48,58)/t29-,30-,31-/m0/s1. The van der Waals surface area contributed by atoms with E-state index in [0.717, 1.165) is 16.7 Å². The number of hydrazine groups is 3. The Labute approximate surface area is 350 Å². The van der Waals surface area contributed by atoms with Crippen molar-refractivity contribution < 1.29 is 43.0 Å². The van der Waals surface area contributed by atoms with Gasteiger partial charge in [0.05, 0.1) is 26.7 Å². The molecule has 6 N–H and O–H groups in total. The molecule has 3 aromatic rings. The molecule has 3 atom stereocenters. The van der Waals surface area contributed by atoms with Crippen LogP contribution in [0.5, 0.6) is 0 Å². The zero-order chi connectivity index (χ0) is 44.2. The number of rotatable bonds is 21. The van der Waals surface area contributed by atoms with Crippen LogP contribution in [-0.2, 0) is 57.9 Å². The van der Waals surface area contributed by atoms with Crippen molar-refractivity contribution in [1.29, 1.82) is 0 Å². The summed E-state index contributed by atoms with van der Waals surface area (Å²) in [5.74, 6) is -3.65. The maximum Gasteiger partial charge on any atom is 0.422 e. The zero-order valence-corrected chi connectivity index (χ0v) is 35.2. The van der Waals surface area contributed by atoms with Gasteiger partial charge in [-0.1, -0.05) is 91.0 Å². The Hall–Kier alpha value is -6.37. The summed E-state index contributed by atoms with van der Waals surface area (Å²) in [5.41, 5.74) is 9.53. The molecule has 6 amide bonds. The summed E-state index contributed by atoms with van der Waals surface area (Å²) < 4.78 is 10.0. The number of hydrogen-bond donors (Lipinski definition) is 6. The molecule has 0 aliphatic heterocycles. The van der Waals surface area contributed by atoms with E-state index in [2.05, 4.69) is 37.0 Å². The van der Waals surface area contributed by atoms with Crippen LogP contribution in [0.4, 0.5) is 4.79 Å². The number of nitrogens with zero attached hydrogens (tertiary/aromatic N) is 3. The minimum atomic E-state index is -1.09. The number of nitrogens with one attached hydrogen (secondary N) is 6. The monoisotopic (exact) mass is 831 g/mol. The molecule has 0 fully saturated rings. The van der Waals surface area contributed by atoms with Gasteiger partial charge in [0, 0.05) is 19.6 Å². The fraction of sp³-hybridized carbons (Fsp3) is 0.405. The minimum absolute atomic E-state index is 0.0931. The molecule has 324 valence electrons. The third-order valence-corrected chi connectivity index (χ3v) is 8.31. The molecule has 60 heavy (non-hydrogen) atoms. The van der Waals surface area contributed by atoms with E-state index in [0.29, 0.717) is 0 Å². The summed E-state index contributed by atoms with van der Waals surface area (Å²) in [6.07, 6.45) is -0.752. The predicted molar refractivity (Wildman–Crippen MR) is 221 cm³/mol. The highest BCUT2D eigenvalue weighted by molar-refractivity contribution is 5.90. The number of carbonyl (C=O) groups excluding carboxylic acids is 7. The fourth-order valence-electron chi connectivity index (χ4n) is 5.50. The average Bonchev–Trinajstić information content (AvgIpc) is 3.17. The second-order valence-electron chi connectivity index (χ2n) is 15.0. The van der Waals surface area contributed by atoms with Crippen LogP contribution in [0.25, 0.3) is 0 Å². The van der Waals surface area contributed by atoms with Gasteiger partial charge in [-0.15, -0.1) is 0 Å². The number of ether oxygens (including phenoxy) is 2. The van der Waals surface area contributed by atoms with Crippen molar-refractivity contribution in [2.75, 3.05) is 26.7 Å². The topological polar surface area (TPSA) is 220 Å². The maximum absolute atomic E-state index is 13.5. The summed E-state index contributed by atoms with van der Waals surface area (Å²) in [6.45, 7) is 8.92. The van der Waals surface area contributed by atoms with Crippen molar-refractivity contribution in [3.8, 4) is 0 Å².